The molecule has 92 valence electrons. The van der Waals surface area contributed by atoms with E-state index in [4.69, 9.17) is 5.73 Å². The summed E-state index contributed by atoms with van der Waals surface area (Å²) in [4.78, 5) is 0. The molecule has 0 atom stereocenters. The van der Waals surface area contributed by atoms with Crippen molar-refractivity contribution in [3.63, 3.8) is 0 Å². The van der Waals surface area contributed by atoms with E-state index in [2.05, 4.69) is 5.10 Å². The van der Waals surface area contributed by atoms with Crippen molar-refractivity contribution in [1.82, 2.24) is 9.78 Å². The van der Waals surface area contributed by atoms with E-state index in [9.17, 15) is 13.2 Å². The first-order chi connectivity index (χ1) is 7.54. The van der Waals surface area contributed by atoms with Crippen LogP contribution in [0.3, 0.4) is 0 Å². The second-order valence-electron chi connectivity index (χ2n) is 3.66. The Morgan fingerprint density at radius 3 is 2.44 bits per heavy atom. The van der Waals surface area contributed by atoms with Crippen LogP contribution in [0.4, 0.5) is 13.2 Å². The number of hydrogen-bond donors (Lipinski definition) is 1. The van der Waals surface area contributed by atoms with Crippen LogP contribution in [0.5, 0.6) is 0 Å². The van der Waals surface area contributed by atoms with Crippen LogP contribution < -0.4 is 5.73 Å². The summed E-state index contributed by atoms with van der Waals surface area (Å²) in [5.74, 6) is 0. The standard InChI is InChI=1S/C10H16F3N3/c11-10(12,13)9-5-8-16(15-9)7-4-2-1-3-6-14/h5,8H,1-4,6-7,14H2. The summed E-state index contributed by atoms with van der Waals surface area (Å²) in [6.45, 7) is 1.20. The van der Waals surface area contributed by atoms with Gasteiger partial charge in [-0.05, 0) is 25.5 Å². The number of halogens is 3. The van der Waals surface area contributed by atoms with Gasteiger partial charge in [-0.1, -0.05) is 12.8 Å². The molecule has 0 bridgehead atoms. The molecule has 0 saturated heterocycles. The largest absolute Gasteiger partial charge is 0.435 e. The van der Waals surface area contributed by atoms with Crippen LogP contribution >= 0.6 is 0 Å². The summed E-state index contributed by atoms with van der Waals surface area (Å²) in [5.41, 5.74) is 4.51. The van der Waals surface area contributed by atoms with Crippen molar-refractivity contribution in [3.8, 4) is 0 Å². The molecule has 2 N–H and O–H groups in total. The molecule has 0 spiro atoms. The van der Waals surface area contributed by atoms with E-state index >= 15 is 0 Å². The lowest BCUT2D eigenvalue weighted by atomic mass is 10.2. The van der Waals surface area contributed by atoms with E-state index < -0.39 is 11.9 Å². The fourth-order valence-corrected chi connectivity index (χ4v) is 1.41. The van der Waals surface area contributed by atoms with Gasteiger partial charge in [0.25, 0.3) is 0 Å². The van der Waals surface area contributed by atoms with Crippen molar-refractivity contribution in [2.75, 3.05) is 6.54 Å². The molecule has 0 saturated carbocycles. The topological polar surface area (TPSA) is 43.8 Å². The maximum atomic E-state index is 12.2. The molecule has 0 amide bonds. The molecule has 1 rings (SSSR count). The van der Waals surface area contributed by atoms with E-state index in [0.29, 0.717) is 13.1 Å². The van der Waals surface area contributed by atoms with Crippen molar-refractivity contribution >= 4 is 0 Å². The van der Waals surface area contributed by atoms with Gasteiger partial charge in [0.05, 0.1) is 0 Å². The van der Waals surface area contributed by atoms with Crippen LogP contribution in [0.25, 0.3) is 0 Å². The van der Waals surface area contributed by atoms with Gasteiger partial charge in [0.2, 0.25) is 0 Å². The molecule has 0 aliphatic carbocycles. The lowest BCUT2D eigenvalue weighted by molar-refractivity contribution is -0.141. The van der Waals surface area contributed by atoms with Crippen molar-refractivity contribution in [2.45, 2.75) is 38.4 Å². The highest BCUT2D eigenvalue weighted by atomic mass is 19.4. The Labute approximate surface area is 92.4 Å². The smallest absolute Gasteiger partial charge is 0.330 e. The number of rotatable bonds is 6. The van der Waals surface area contributed by atoms with Gasteiger partial charge in [-0.25, -0.2) is 0 Å². The number of nitrogens with zero attached hydrogens (tertiary/aromatic N) is 2. The minimum atomic E-state index is -4.34. The zero-order valence-corrected chi connectivity index (χ0v) is 9.00. The van der Waals surface area contributed by atoms with Gasteiger partial charge in [0, 0.05) is 12.7 Å². The predicted octanol–water partition coefficient (Wildman–Crippen LogP) is 2.42. The minimum Gasteiger partial charge on any atom is -0.330 e. The number of aromatic nitrogens is 2. The van der Waals surface area contributed by atoms with Crippen molar-refractivity contribution in [3.05, 3.63) is 18.0 Å². The first-order valence-corrected chi connectivity index (χ1v) is 5.35. The molecular formula is C10H16F3N3. The molecule has 1 aromatic heterocycles. The van der Waals surface area contributed by atoms with Crippen LogP contribution in [0.1, 0.15) is 31.4 Å². The second-order valence-corrected chi connectivity index (χ2v) is 3.66. The van der Waals surface area contributed by atoms with Crippen molar-refractivity contribution in [2.24, 2.45) is 5.73 Å². The quantitative estimate of drug-likeness (QED) is 0.769. The van der Waals surface area contributed by atoms with Gasteiger partial charge in [0.1, 0.15) is 0 Å². The summed E-state index contributed by atoms with van der Waals surface area (Å²) in [7, 11) is 0. The van der Waals surface area contributed by atoms with Crippen molar-refractivity contribution in [1.29, 1.82) is 0 Å². The van der Waals surface area contributed by atoms with Crippen LogP contribution in [0.2, 0.25) is 0 Å². The molecule has 16 heavy (non-hydrogen) atoms. The minimum absolute atomic E-state index is 0.528. The van der Waals surface area contributed by atoms with Gasteiger partial charge >= 0.3 is 6.18 Å². The Bertz CT molecular complexity index is 307. The second kappa shape index (κ2) is 5.89. The number of aryl methyl sites for hydroxylation is 1. The number of unbranched alkanes of at least 4 members (excludes halogenated alkanes) is 3. The maximum Gasteiger partial charge on any atom is 0.435 e. The highest BCUT2D eigenvalue weighted by Crippen LogP contribution is 2.27. The summed E-state index contributed by atoms with van der Waals surface area (Å²) in [6, 6.07) is 1.000. The zero-order chi connectivity index (χ0) is 12.0. The van der Waals surface area contributed by atoms with Gasteiger partial charge in [0.15, 0.2) is 5.69 Å². The molecule has 6 heteroatoms. The summed E-state index contributed by atoms with van der Waals surface area (Å²) < 4.78 is 37.9. The van der Waals surface area contributed by atoms with E-state index in [1.807, 2.05) is 0 Å². The van der Waals surface area contributed by atoms with E-state index in [1.165, 1.54) is 10.9 Å². The first-order valence-electron chi connectivity index (χ1n) is 5.35. The molecule has 0 fully saturated rings. The summed E-state index contributed by atoms with van der Waals surface area (Å²) in [6.07, 6.45) is 0.810. The average Bonchev–Trinajstić information content (AvgIpc) is 2.65. The monoisotopic (exact) mass is 235 g/mol. The maximum absolute atomic E-state index is 12.2. The van der Waals surface area contributed by atoms with E-state index in [0.717, 1.165) is 31.7 Å². The molecule has 0 aliphatic heterocycles. The van der Waals surface area contributed by atoms with Crippen LogP contribution in [-0.4, -0.2) is 16.3 Å². The Morgan fingerprint density at radius 1 is 1.19 bits per heavy atom. The normalized spacial score (nSPS) is 12.0. The Kier molecular flexibility index (Phi) is 4.79. The van der Waals surface area contributed by atoms with Gasteiger partial charge in [-0.2, -0.15) is 18.3 Å². The lowest BCUT2D eigenvalue weighted by Gasteiger charge is -2.03. The lowest BCUT2D eigenvalue weighted by Crippen LogP contribution is -2.08. The van der Waals surface area contributed by atoms with Crippen LogP contribution in [-0.2, 0) is 12.7 Å². The molecule has 3 nitrogen and oxygen atoms in total. The highest BCUT2D eigenvalue weighted by Gasteiger charge is 2.33. The van der Waals surface area contributed by atoms with Crippen LogP contribution in [0, 0.1) is 0 Å². The van der Waals surface area contributed by atoms with Crippen LogP contribution in [0.15, 0.2) is 12.3 Å². The molecule has 0 aromatic carbocycles. The molecule has 1 heterocycles. The zero-order valence-electron chi connectivity index (χ0n) is 9.00. The first kappa shape index (κ1) is 13.0. The average molecular weight is 235 g/mol. The molecule has 1 aromatic rings. The number of alkyl halides is 3. The van der Waals surface area contributed by atoms with E-state index in [-0.39, 0.29) is 0 Å². The number of hydrogen-bond acceptors (Lipinski definition) is 2. The number of nitrogens with two attached hydrogens (primary N) is 1. The molecule has 0 radical (unpaired) electrons. The fraction of sp³-hybridized carbons (Fsp3) is 0.700. The third kappa shape index (κ3) is 4.22. The van der Waals surface area contributed by atoms with Gasteiger partial charge in [-0.3, -0.25) is 4.68 Å². The van der Waals surface area contributed by atoms with Gasteiger partial charge < -0.3 is 5.73 Å². The third-order valence-electron chi connectivity index (χ3n) is 2.27. The highest BCUT2D eigenvalue weighted by molar-refractivity contribution is 5.02. The Hall–Kier alpha value is -1.04. The SMILES string of the molecule is NCCCCCCn1ccc(C(F)(F)F)n1. The Morgan fingerprint density at radius 2 is 1.88 bits per heavy atom. The molecular weight excluding hydrogens is 219 g/mol. The fourth-order valence-electron chi connectivity index (χ4n) is 1.41. The van der Waals surface area contributed by atoms with Gasteiger partial charge in [-0.15, -0.1) is 0 Å². The summed E-state index contributed by atoms with van der Waals surface area (Å²) >= 11 is 0. The Balaban J connectivity index is 2.30. The third-order valence-corrected chi connectivity index (χ3v) is 2.27. The predicted molar refractivity (Wildman–Crippen MR) is 54.8 cm³/mol. The van der Waals surface area contributed by atoms with E-state index in [1.54, 1.807) is 0 Å². The molecule has 0 unspecified atom stereocenters. The molecule has 0 aliphatic rings. The summed E-state index contributed by atoms with van der Waals surface area (Å²) in [5, 5.41) is 3.47. The van der Waals surface area contributed by atoms with Crippen molar-refractivity contribution < 1.29 is 13.2 Å².